The van der Waals surface area contributed by atoms with Gasteiger partial charge in [-0.25, -0.2) is 0 Å². The van der Waals surface area contributed by atoms with Gasteiger partial charge in [0.25, 0.3) is 0 Å². The number of hydrogen-bond acceptors (Lipinski definition) is 2. The van der Waals surface area contributed by atoms with Gasteiger partial charge in [0.05, 0.1) is 6.61 Å². The lowest BCUT2D eigenvalue weighted by Gasteiger charge is -2.08. The lowest BCUT2D eigenvalue weighted by Crippen LogP contribution is -2.08. The third-order valence-electron chi connectivity index (χ3n) is 2.09. The third kappa shape index (κ3) is 7.97. The molecule has 0 bridgehead atoms. The van der Waals surface area contributed by atoms with Crippen molar-refractivity contribution in [3.05, 3.63) is 0 Å². The first kappa shape index (κ1) is 12.6. The molecule has 0 aromatic carbocycles. The highest BCUT2D eigenvalue weighted by atomic mass is 16.5. The van der Waals surface area contributed by atoms with Crippen molar-refractivity contribution in [2.45, 2.75) is 46.5 Å². The number of ketones is 1. The zero-order chi connectivity index (χ0) is 10.1. The SMILES string of the molecule is CCCC(C)CC(=O)CCOCC. The van der Waals surface area contributed by atoms with Crippen LogP contribution in [0.15, 0.2) is 0 Å². The van der Waals surface area contributed by atoms with E-state index in [1.807, 2.05) is 6.92 Å². The molecule has 13 heavy (non-hydrogen) atoms. The Bertz CT molecular complexity index is 132. The first-order chi connectivity index (χ1) is 6.20. The summed E-state index contributed by atoms with van der Waals surface area (Å²) in [6.07, 6.45) is 3.63. The molecule has 78 valence electrons. The van der Waals surface area contributed by atoms with Crippen LogP contribution in [0.3, 0.4) is 0 Å². The Hall–Kier alpha value is -0.370. The number of rotatable bonds is 8. The van der Waals surface area contributed by atoms with Crippen LogP contribution < -0.4 is 0 Å². The highest BCUT2D eigenvalue weighted by Gasteiger charge is 2.07. The van der Waals surface area contributed by atoms with Gasteiger partial charge in [-0.15, -0.1) is 0 Å². The van der Waals surface area contributed by atoms with Gasteiger partial charge in [0, 0.05) is 19.4 Å². The summed E-state index contributed by atoms with van der Waals surface area (Å²) in [7, 11) is 0. The van der Waals surface area contributed by atoms with Gasteiger partial charge in [0.15, 0.2) is 0 Å². The summed E-state index contributed by atoms with van der Waals surface area (Å²) in [6.45, 7) is 7.54. The summed E-state index contributed by atoms with van der Waals surface area (Å²) in [6, 6.07) is 0. The summed E-state index contributed by atoms with van der Waals surface area (Å²) in [5, 5.41) is 0. The fraction of sp³-hybridized carbons (Fsp3) is 0.909. The fourth-order valence-electron chi connectivity index (χ4n) is 1.42. The Balaban J connectivity index is 3.38. The van der Waals surface area contributed by atoms with Crippen LogP contribution in [0, 0.1) is 5.92 Å². The Morgan fingerprint density at radius 3 is 2.62 bits per heavy atom. The van der Waals surface area contributed by atoms with E-state index < -0.39 is 0 Å². The molecule has 0 radical (unpaired) electrons. The molecule has 0 saturated heterocycles. The van der Waals surface area contributed by atoms with Gasteiger partial charge >= 0.3 is 0 Å². The van der Waals surface area contributed by atoms with E-state index >= 15 is 0 Å². The minimum absolute atomic E-state index is 0.342. The molecule has 0 spiro atoms. The van der Waals surface area contributed by atoms with Crippen molar-refractivity contribution in [1.82, 2.24) is 0 Å². The molecule has 0 N–H and O–H groups in total. The van der Waals surface area contributed by atoms with Crippen LogP contribution in [0.1, 0.15) is 46.5 Å². The Morgan fingerprint density at radius 2 is 2.08 bits per heavy atom. The van der Waals surface area contributed by atoms with E-state index in [0.717, 1.165) is 12.8 Å². The number of Topliss-reactive ketones (excluding diaryl/α,β-unsaturated/α-hetero) is 1. The Labute approximate surface area is 81.7 Å². The van der Waals surface area contributed by atoms with Crippen LogP contribution >= 0.6 is 0 Å². The predicted octanol–water partition coefficient (Wildman–Crippen LogP) is 2.81. The van der Waals surface area contributed by atoms with Gasteiger partial charge in [0.2, 0.25) is 0 Å². The van der Waals surface area contributed by atoms with Crippen molar-refractivity contribution in [1.29, 1.82) is 0 Å². The molecule has 0 heterocycles. The molecule has 1 atom stereocenters. The summed E-state index contributed by atoms with van der Waals surface area (Å²) in [5.74, 6) is 0.883. The van der Waals surface area contributed by atoms with Crippen LogP contribution in [0.2, 0.25) is 0 Å². The second-order valence-corrected chi connectivity index (χ2v) is 3.58. The minimum Gasteiger partial charge on any atom is -0.381 e. The zero-order valence-corrected chi connectivity index (χ0v) is 9.14. The van der Waals surface area contributed by atoms with Crippen LogP contribution in [0.4, 0.5) is 0 Å². The molecule has 0 aliphatic heterocycles. The number of hydrogen-bond donors (Lipinski definition) is 0. The van der Waals surface area contributed by atoms with Crippen molar-refractivity contribution in [3.63, 3.8) is 0 Å². The number of ether oxygens (including phenoxy) is 1. The van der Waals surface area contributed by atoms with E-state index in [-0.39, 0.29) is 0 Å². The summed E-state index contributed by atoms with van der Waals surface area (Å²) < 4.78 is 5.12. The molecule has 0 amide bonds. The monoisotopic (exact) mass is 186 g/mol. The van der Waals surface area contributed by atoms with Crippen LogP contribution in [0.25, 0.3) is 0 Å². The van der Waals surface area contributed by atoms with Crippen LogP contribution in [0.5, 0.6) is 0 Å². The molecular weight excluding hydrogens is 164 g/mol. The molecule has 2 heteroatoms. The van der Waals surface area contributed by atoms with Crippen molar-refractivity contribution >= 4 is 5.78 Å². The molecule has 1 unspecified atom stereocenters. The fourth-order valence-corrected chi connectivity index (χ4v) is 1.42. The van der Waals surface area contributed by atoms with Crippen molar-refractivity contribution in [2.75, 3.05) is 13.2 Å². The van der Waals surface area contributed by atoms with Gasteiger partial charge in [-0.2, -0.15) is 0 Å². The molecule has 0 fully saturated rings. The molecule has 0 rings (SSSR count). The quantitative estimate of drug-likeness (QED) is 0.545. The van der Waals surface area contributed by atoms with E-state index in [4.69, 9.17) is 4.74 Å². The maximum atomic E-state index is 11.3. The lowest BCUT2D eigenvalue weighted by atomic mass is 9.98. The van der Waals surface area contributed by atoms with E-state index in [2.05, 4.69) is 13.8 Å². The zero-order valence-electron chi connectivity index (χ0n) is 9.14. The van der Waals surface area contributed by atoms with E-state index in [0.29, 0.717) is 31.3 Å². The second-order valence-electron chi connectivity index (χ2n) is 3.58. The summed E-state index contributed by atoms with van der Waals surface area (Å²) in [5.41, 5.74) is 0. The van der Waals surface area contributed by atoms with Gasteiger partial charge < -0.3 is 4.74 Å². The Kier molecular flexibility index (Phi) is 8.00. The molecule has 0 aliphatic carbocycles. The van der Waals surface area contributed by atoms with Crippen molar-refractivity contribution in [3.8, 4) is 0 Å². The van der Waals surface area contributed by atoms with E-state index in [1.54, 1.807) is 0 Å². The number of carbonyl (C=O) groups excluding carboxylic acids is 1. The molecule has 0 saturated carbocycles. The molecular formula is C11H22O2. The largest absolute Gasteiger partial charge is 0.381 e. The standard InChI is InChI=1S/C11H22O2/c1-4-6-10(3)9-11(12)7-8-13-5-2/h10H,4-9H2,1-3H3. The topological polar surface area (TPSA) is 26.3 Å². The summed E-state index contributed by atoms with van der Waals surface area (Å²) >= 11 is 0. The number of carbonyl (C=O) groups is 1. The molecule has 0 aromatic rings. The van der Waals surface area contributed by atoms with Gasteiger partial charge in [-0.3, -0.25) is 4.79 Å². The second kappa shape index (κ2) is 8.24. The smallest absolute Gasteiger partial charge is 0.135 e. The highest BCUT2D eigenvalue weighted by molar-refractivity contribution is 5.78. The molecule has 2 nitrogen and oxygen atoms in total. The van der Waals surface area contributed by atoms with Gasteiger partial charge in [0.1, 0.15) is 5.78 Å². The van der Waals surface area contributed by atoms with Crippen LogP contribution in [-0.4, -0.2) is 19.0 Å². The average Bonchev–Trinajstić information content (AvgIpc) is 2.05. The maximum Gasteiger partial charge on any atom is 0.135 e. The van der Waals surface area contributed by atoms with Gasteiger partial charge in [-0.05, 0) is 12.8 Å². The Morgan fingerprint density at radius 1 is 1.38 bits per heavy atom. The van der Waals surface area contributed by atoms with E-state index in [9.17, 15) is 4.79 Å². The van der Waals surface area contributed by atoms with Crippen molar-refractivity contribution < 1.29 is 9.53 Å². The van der Waals surface area contributed by atoms with E-state index in [1.165, 1.54) is 6.42 Å². The molecule has 0 aliphatic rings. The molecule has 0 aromatic heterocycles. The third-order valence-corrected chi connectivity index (χ3v) is 2.09. The average molecular weight is 186 g/mol. The van der Waals surface area contributed by atoms with Gasteiger partial charge in [-0.1, -0.05) is 26.7 Å². The first-order valence-corrected chi connectivity index (χ1v) is 5.30. The van der Waals surface area contributed by atoms with Crippen molar-refractivity contribution in [2.24, 2.45) is 5.92 Å². The predicted molar refractivity (Wildman–Crippen MR) is 54.8 cm³/mol. The van der Waals surface area contributed by atoms with Crippen LogP contribution in [-0.2, 0) is 9.53 Å². The summed E-state index contributed by atoms with van der Waals surface area (Å²) in [4.78, 5) is 11.3. The first-order valence-electron chi connectivity index (χ1n) is 5.30. The highest BCUT2D eigenvalue weighted by Crippen LogP contribution is 2.11. The normalized spacial score (nSPS) is 12.8. The minimum atomic E-state index is 0.342. The lowest BCUT2D eigenvalue weighted by molar-refractivity contribution is -0.120. The maximum absolute atomic E-state index is 11.3.